The van der Waals surface area contributed by atoms with Crippen molar-refractivity contribution < 1.29 is 4.92 Å². The molecule has 0 aliphatic heterocycles. The van der Waals surface area contributed by atoms with E-state index in [9.17, 15) is 10.1 Å². The fourth-order valence-corrected chi connectivity index (χ4v) is 1.63. The Balaban J connectivity index is 2.60. The van der Waals surface area contributed by atoms with Crippen LogP contribution in [0.1, 0.15) is 0 Å². The number of hydrogen-bond donors (Lipinski definition) is 0. The topological polar surface area (TPSA) is 68.9 Å². The van der Waals surface area contributed by atoms with Gasteiger partial charge in [-0.2, -0.15) is 10.2 Å². The Morgan fingerprint density at radius 3 is 2.75 bits per heavy atom. The molecule has 2 aromatic rings. The number of nitro groups is 1. The molecule has 1 aromatic heterocycles. The van der Waals surface area contributed by atoms with Gasteiger partial charge in [-0.15, -0.1) is 0 Å². The van der Waals surface area contributed by atoms with Crippen molar-refractivity contribution in [2.45, 2.75) is 0 Å². The molecule has 0 radical (unpaired) electrons. The Labute approximate surface area is 99.4 Å². The van der Waals surface area contributed by atoms with Gasteiger partial charge < -0.3 is 0 Å². The lowest BCUT2D eigenvalue weighted by atomic mass is 10.1. The van der Waals surface area contributed by atoms with Crippen LogP contribution in [-0.4, -0.2) is 15.1 Å². The maximum absolute atomic E-state index is 10.8. The number of para-hydroxylation sites is 1. The lowest BCUT2D eigenvalue weighted by molar-refractivity contribution is -0.384. The minimum absolute atomic E-state index is 0.0231. The van der Waals surface area contributed by atoms with Gasteiger partial charge in [-0.3, -0.25) is 10.1 Å². The Bertz CT molecular complexity index is 545. The molecular formula is C10H6BrN3O2. The second-order valence-electron chi connectivity index (χ2n) is 3.03. The standard InChI is InChI=1S/C10H6BrN3O2/c11-7-5-9(13-12-6-7)8-3-1-2-4-10(8)14(15)16/h1-6H. The van der Waals surface area contributed by atoms with Gasteiger partial charge in [0.25, 0.3) is 5.69 Å². The lowest BCUT2D eigenvalue weighted by Crippen LogP contribution is -1.94. The summed E-state index contributed by atoms with van der Waals surface area (Å²) in [7, 11) is 0. The average molecular weight is 280 g/mol. The maximum atomic E-state index is 10.8. The third-order valence-electron chi connectivity index (χ3n) is 2.00. The van der Waals surface area contributed by atoms with Crippen molar-refractivity contribution in [3.8, 4) is 11.3 Å². The zero-order valence-corrected chi connectivity index (χ0v) is 9.59. The number of aromatic nitrogens is 2. The van der Waals surface area contributed by atoms with E-state index >= 15 is 0 Å². The van der Waals surface area contributed by atoms with E-state index < -0.39 is 4.92 Å². The minimum atomic E-state index is -0.433. The normalized spacial score (nSPS) is 10.1. The fourth-order valence-electron chi connectivity index (χ4n) is 1.32. The zero-order valence-electron chi connectivity index (χ0n) is 8.00. The van der Waals surface area contributed by atoms with E-state index in [1.807, 2.05) is 0 Å². The van der Waals surface area contributed by atoms with Crippen LogP contribution in [-0.2, 0) is 0 Å². The highest BCUT2D eigenvalue weighted by atomic mass is 79.9. The van der Waals surface area contributed by atoms with Crippen molar-refractivity contribution in [1.29, 1.82) is 0 Å². The van der Waals surface area contributed by atoms with E-state index in [-0.39, 0.29) is 5.69 Å². The number of nitro benzene ring substituents is 1. The lowest BCUT2D eigenvalue weighted by Gasteiger charge is -2.01. The molecule has 16 heavy (non-hydrogen) atoms. The summed E-state index contributed by atoms with van der Waals surface area (Å²) >= 11 is 3.25. The summed E-state index contributed by atoms with van der Waals surface area (Å²) in [5, 5.41) is 18.4. The van der Waals surface area contributed by atoms with Crippen molar-refractivity contribution in [1.82, 2.24) is 10.2 Å². The summed E-state index contributed by atoms with van der Waals surface area (Å²) in [5.41, 5.74) is 0.956. The van der Waals surface area contributed by atoms with Crippen LogP contribution >= 0.6 is 15.9 Å². The third kappa shape index (κ3) is 2.06. The molecule has 0 fully saturated rings. The van der Waals surface area contributed by atoms with Gasteiger partial charge in [-0.25, -0.2) is 0 Å². The average Bonchev–Trinajstić information content (AvgIpc) is 2.29. The molecule has 1 aromatic carbocycles. The molecule has 0 saturated heterocycles. The molecule has 0 atom stereocenters. The summed E-state index contributed by atoms with van der Waals surface area (Å²) < 4.78 is 0.732. The van der Waals surface area contributed by atoms with Gasteiger partial charge in [0, 0.05) is 10.5 Å². The van der Waals surface area contributed by atoms with Crippen LogP contribution in [0.4, 0.5) is 5.69 Å². The second kappa shape index (κ2) is 4.36. The summed E-state index contributed by atoms with van der Waals surface area (Å²) in [6.07, 6.45) is 1.53. The Morgan fingerprint density at radius 2 is 2.06 bits per heavy atom. The highest BCUT2D eigenvalue weighted by molar-refractivity contribution is 9.10. The summed E-state index contributed by atoms with van der Waals surface area (Å²) in [6.45, 7) is 0. The Morgan fingerprint density at radius 1 is 1.31 bits per heavy atom. The molecule has 0 aliphatic carbocycles. The van der Waals surface area contributed by atoms with Gasteiger partial charge in [0.05, 0.1) is 16.7 Å². The number of nitrogens with zero attached hydrogens (tertiary/aromatic N) is 3. The van der Waals surface area contributed by atoms with Crippen LogP contribution < -0.4 is 0 Å². The van der Waals surface area contributed by atoms with E-state index in [2.05, 4.69) is 26.1 Å². The molecule has 0 unspecified atom stereocenters. The zero-order chi connectivity index (χ0) is 11.5. The third-order valence-corrected chi connectivity index (χ3v) is 2.43. The molecular weight excluding hydrogens is 274 g/mol. The molecule has 0 amide bonds. The predicted molar refractivity (Wildman–Crippen MR) is 61.8 cm³/mol. The first-order valence-corrected chi connectivity index (χ1v) is 5.20. The van der Waals surface area contributed by atoms with Gasteiger partial charge in [0.15, 0.2) is 0 Å². The van der Waals surface area contributed by atoms with E-state index in [1.165, 1.54) is 12.3 Å². The van der Waals surface area contributed by atoms with Crippen LogP contribution in [0, 0.1) is 10.1 Å². The smallest absolute Gasteiger partial charge is 0.258 e. The molecule has 0 N–H and O–H groups in total. The molecule has 6 heteroatoms. The molecule has 1 heterocycles. The Kier molecular flexibility index (Phi) is 2.91. The molecule has 80 valence electrons. The quantitative estimate of drug-likeness (QED) is 0.626. The van der Waals surface area contributed by atoms with Crippen LogP contribution in [0.3, 0.4) is 0 Å². The first-order valence-electron chi connectivity index (χ1n) is 4.40. The highest BCUT2D eigenvalue weighted by Gasteiger charge is 2.15. The van der Waals surface area contributed by atoms with E-state index in [0.29, 0.717) is 11.3 Å². The summed E-state index contributed by atoms with van der Waals surface area (Å²) in [6, 6.07) is 8.12. The van der Waals surface area contributed by atoms with Gasteiger partial charge in [-0.05, 0) is 28.1 Å². The molecule has 0 spiro atoms. The minimum Gasteiger partial charge on any atom is -0.258 e. The molecule has 2 rings (SSSR count). The number of rotatable bonds is 2. The Hall–Kier alpha value is -1.82. The van der Waals surface area contributed by atoms with E-state index in [0.717, 1.165) is 4.47 Å². The van der Waals surface area contributed by atoms with Gasteiger partial charge >= 0.3 is 0 Å². The van der Waals surface area contributed by atoms with Crippen LogP contribution in [0.25, 0.3) is 11.3 Å². The van der Waals surface area contributed by atoms with Crippen molar-refractivity contribution in [2.24, 2.45) is 0 Å². The van der Waals surface area contributed by atoms with Crippen molar-refractivity contribution in [3.63, 3.8) is 0 Å². The van der Waals surface area contributed by atoms with Crippen molar-refractivity contribution >= 4 is 21.6 Å². The molecule has 0 aliphatic rings. The first kappa shape index (κ1) is 10.7. The monoisotopic (exact) mass is 279 g/mol. The summed E-state index contributed by atoms with van der Waals surface area (Å²) in [4.78, 5) is 10.4. The SMILES string of the molecule is O=[N+]([O-])c1ccccc1-c1cc(Br)cnn1. The van der Waals surface area contributed by atoms with Crippen LogP contribution in [0.5, 0.6) is 0 Å². The van der Waals surface area contributed by atoms with Gasteiger partial charge in [0.1, 0.15) is 5.69 Å². The first-order chi connectivity index (χ1) is 7.68. The number of halogens is 1. The largest absolute Gasteiger partial charge is 0.278 e. The van der Waals surface area contributed by atoms with Crippen molar-refractivity contribution in [2.75, 3.05) is 0 Å². The highest BCUT2D eigenvalue weighted by Crippen LogP contribution is 2.28. The van der Waals surface area contributed by atoms with Crippen molar-refractivity contribution in [3.05, 3.63) is 51.1 Å². The predicted octanol–water partition coefficient (Wildman–Crippen LogP) is 2.81. The molecule has 0 saturated carbocycles. The molecule has 0 bridgehead atoms. The van der Waals surface area contributed by atoms with E-state index in [1.54, 1.807) is 24.3 Å². The van der Waals surface area contributed by atoms with Gasteiger partial charge in [0.2, 0.25) is 0 Å². The fraction of sp³-hybridized carbons (Fsp3) is 0. The van der Waals surface area contributed by atoms with Gasteiger partial charge in [-0.1, -0.05) is 12.1 Å². The second-order valence-corrected chi connectivity index (χ2v) is 3.95. The number of hydrogen-bond acceptors (Lipinski definition) is 4. The molecule has 5 nitrogen and oxygen atoms in total. The van der Waals surface area contributed by atoms with E-state index in [4.69, 9.17) is 0 Å². The summed E-state index contributed by atoms with van der Waals surface area (Å²) in [5.74, 6) is 0. The number of benzene rings is 1. The van der Waals surface area contributed by atoms with Crippen LogP contribution in [0.15, 0.2) is 41.0 Å². The maximum Gasteiger partial charge on any atom is 0.278 e. The van der Waals surface area contributed by atoms with Crippen LogP contribution in [0.2, 0.25) is 0 Å².